The van der Waals surface area contributed by atoms with Crippen LogP contribution in [-0.2, 0) is 0 Å². The zero-order chi connectivity index (χ0) is 19.5. The van der Waals surface area contributed by atoms with E-state index in [1.54, 1.807) is 19.9 Å². The van der Waals surface area contributed by atoms with Crippen LogP contribution in [0.25, 0.3) is 0 Å². The number of aryl methyl sites for hydroxylation is 2. The number of aromatic amines is 1. The fourth-order valence-electron chi connectivity index (χ4n) is 1.76. The first-order valence-corrected chi connectivity index (χ1v) is 7.97. The van der Waals surface area contributed by atoms with E-state index in [2.05, 4.69) is 25.1 Å². The van der Waals surface area contributed by atoms with Crippen molar-refractivity contribution in [2.24, 2.45) is 0 Å². The van der Waals surface area contributed by atoms with Crippen molar-refractivity contribution in [3.05, 3.63) is 71.8 Å². The van der Waals surface area contributed by atoms with Gasteiger partial charge in [0.15, 0.2) is 5.82 Å². The predicted octanol–water partition coefficient (Wildman–Crippen LogP) is 3.35. The van der Waals surface area contributed by atoms with Gasteiger partial charge in [0.05, 0.1) is 18.0 Å². The van der Waals surface area contributed by atoms with Crippen molar-refractivity contribution < 1.29 is 13.9 Å². The molecule has 1 aromatic carbocycles. The molecule has 0 spiro atoms. The molecule has 0 fully saturated rings. The topological polar surface area (TPSA) is 87.6 Å². The molecule has 8 heteroatoms. The molecule has 0 amide bonds. The number of aliphatic hydroxyl groups excluding tert-OH is 1. The van der Waals surface area contributed by atoms with Crippen LogP contribution in [0.4, 0.5) is 8.78 Å². The second kappa shape index (κ2) is 11.0. The first-order valence-electron chi connectivity index (χ1n) is 7.97. The SMILES string of the molecule is CC(O)C(C)c1ncncc1F.Cc1ccc(F)cc1C.c1nc[nH]n1. The van der Waals surface area contributed by atoms with Crippen LogP contribution in [0.5, 0.6) is 0 Å². The van der Waals surface area contributed by atoms with Crippen molar-refractivity contribution in [1.29, 1.82) is 0 Å². The van der Waals surface area contributed by atoms with Gasteiger partial charge in [-0.15, -0.1) is 0 Å². The maximum absolute atomic E-state index is 13.0. The van der Waals surface area contributed by atoms with Gasteiger partial charge in [0.2, 0.25) is 0 Å². The lowest BCUT2D eigenvalue weighted by molar-refractivity contribution is 0.165. The number of benzene rings is 1. The lowest BCUT2D eigenvalue weighted by atomic mass is 10.0. The Morgan fingerprint density at radius 3 is 2.19 bits per heavy atom. The third-order valence-electron chi connectivity index (χ3n) is 3.65. The summed E-state index contributed by atoms with van der Waals surface area (Å²) < 4.78 is 25.3. The lowest BCUT2D eigenvalue weighted by Crippen LogP contribution is -2.14. The predicted molar refractivity (Wildman–Crippen MR) is 94.3 cm³/mol. The molecule has 3 aromatic rings. The van der Waals surface area contributed by atoms with Gasteiger partial charge in [0.1, 0.15) is 24.8 Å². The zero-order valence-corrected chi connectivity index (χ0v) is 15.2. The highest BCUT2D eigenvalue weighted by molar-refractivity contribution is 5.24. The van der Waals surface area contributed by atoms with Gasteiger partial charge in [-0.25, -0.2) is 23.7 Å². The van der Waals surface area contributed by atoms with E-state index in [1.807, 2.05) is 13.8 Å². The summed E-state index contributed by atoms with van der Waals surface area (Å²) in [7, 11) is 0. The number of rotatable bonds is 2. The molecule has 140 valence electrons. The Hall–Kier alpha value is -2.74. The molecular weight excluding hydrogens is 340 g/mol. The van der Waals surface area contributed by atoms with E-state index in [-0.39, 0.29) is 17.4 Å². The summed E-state index contributed by atoms with van der Waals surface area (Å²) in [5, 5.41) is 15.2. The van der Waals surface area contributed by atoms with Gasteiger partial charge < -0.3 is 5.11 Å². The molecule has 0 radical (unpaired) electrons. The minimum atomic E-state index is -0.602. The van der Waals surface area contributed by atoms with E-state index >= 15 is 0 Å². The van der Waals surface area contributed by atoms with Crippen molar-refractivity contribution in [3.8, 4) is 0 Å². The highest BCUT2D eigenvalue weighted by Crippen LogP contribution is 2.18. The van der Waals surface area contributed by atoms with Crippen molar-refractivity contribution in [1.82, 2.24) is 25.1 Å². The van der Waals surface area contributed by atoms with Crippen LogP contribution in [0.15, 0.2) is 43.4 Å². The molecule has 0 bridgehead atoms. The van der Waals surface area contributed by atoms with Gasteiger partial charge >= 0.3 is 0 Å². The molecule has 0 aliphatic rings. The van der Waals surface area contributed by atoms with Crippen LogP contribution in [-0.4, -0.2) is 36.4 Å². The summed E-state index contributed by atoms with van der Waals surface area (Å²) in [4.78, 5) is 10.8. The Bertz CT molecular complexity index is 749. The van der Waals surface area contributed by atoms with Crippen LogP contribution in [0.3, 0.4) is 0 Å². The largest absolute Gasteiger partial charge is 0.393 e. The first-order chi connectivity index (χ1) is 12.3. The molecule has 0 saturated heterocycles. The molecule has 0 saturated carbocycles. The monoisotopic (exact) mass is 363 g/mol. The lowest BCUT2D eigenvalue weighted by Gasteiger charge is -2.13. The molecule has 0 aliphatic carbocycles. The Labute approximate surface area is 151 Å². The molecular formula is C18H23F2N5O. The van der Waals surface area contributed by atoms with Crippen LogP contribution in [0, 0.1) is 25.5 Å². The fourth-order valence-corrected chi connectivity index (χ4v) is 1.76. The second-order valence-corrected chi connectivity index (χ2v) is 5.67. The van der Waals surface area contributed by atoms with Crippen LogP contribution >= 0.6 is 0 Å². The fraction of sp³-hybridized carbons (Fsp3) is 0.333. The van der Waals surface area contributed by atoms with Crippen molar-refractivity contribution in [2.75, 3.05) is 0 Å². The number of aliphatic hydroxyl groups is 1. The Balaban J connectivity index is 0.000000211. The van der Waals surface area contributed by atoms with Crippen molar-refractivity contribution in [3.63, 3.8) is 0 Å². The summed E-state index contributed by atoms with van der Waals surface area (Å²) in [5.41, 5.74) is 2.41. The zero-order valence-electron chi connectivity index (χ0n) is 15.2. The minimum Gasteiger partial charge on any atom is -0.393 e. The smallest absolute Gasteiger partial charge is 0.163 e. The first kappa shape index (κ1) is 21.3. The molecule has 2 unspecified atom stereocenters. The summed E-state index contributed by atoms with van der Waals surface area (Å²) in [6.45, 7) is 7.19. The number of aromatic nitrogens is 5. The number of halogens is 2. The van der Waals surface area contributed by atoms with Crippen LogP contribution in [0.2, 0.25) is 0 Å². The molecule has 6 nitrogen and oxygen atoms in total. The Kier molecular flexibility index (Phi) is 9.00. The van der Waals surface area contributed by atoms with Crippen LogP contribution < -0.4 is 0 Å². The normalized spacial score (nSPS) is 12.1. The summed E-state index contributed by atoms with van der Waals surface area (Å²) in [6, 6.07) is 4.79. The number of nitrogens with zero attached hydrogens (tertiary/aromatic N) is 4. The molecule has 2 heterocycles. The maximum Gasteiger partial charge on any atom is 0.163 e. The molecule has 2 atom stereocenters. The van der Waals surface area contributed by atoms with Gasteiger partial charge in [0.25, 0.3) is 0 Å². The standard InChI is InChI=1S/C8H11FN2O.C8H9F.C2H3N3/c1-5(6(2)12)8-7(9)3-10-4-11-8;1-6-3-4-8(9)5-7(6)2;1-3-2-5-4-1/h3-6,12H,1-2H3;3-5H,1-2H3;1-2H,(H,3,4,5). The molecule has 2 N–H and O–H groups in total. The Morgan fingerprint density at radius 2 is 1.77 bits per heavy atom. The van der Waals surface area contributed by atoms with Gasteiger partial charge in [-0.05, 0) is 44.0 Å². The number of H-pyrrole nitrogens is 1. The summed E-state index contributed by atoms with van der Waals surface area (Å²) >= 11 is 0. The van der Waals surface area contributed by atoms with Gasteiger partial charge in [-0.1, -0.05) is 13.0 Å². The average Bonchev–Trinajstić information content (AvgIpc) is 3.19. The number of nitrogens with one attached hydrogen (secondary N) is 1. The van der Waals surface area contributed by atoms with E-state index in [0.717, 1.165) is 17.3 Å². The average molecular weight is 363 g/mol. The summed E-state index contributed by atoms with van der Waals surface area (Å²) in [6.07, 6.45) is 4.73. The van der Waals surface area contributed by atoms with E-state index in [1.165, 1.54) is 31.1 Å². The van der Waals surface area contributed by atoms with Gasteiger partial charge in [-0.3, -0.25) is 5.10 Å². The third-order valence-corrected chi connectivity index (χ3v) is 3.65. The Morgan fingerprint density at radius 1 is 1.04 bits per heavy atom. The third kappa shape index (κ3) is 7.43. The quantitative estimate of drug-likeness (QED) is 0.729. The van der Waals surface area contributed by atoms with Crippen LogP contribution in [0.1, 0.15) is 36.6 Å². The van der Waals surface area contributed by atoms with E-state index in [4.69, 9.17) is 0 Å². The number of hydrogen-bond acceptors (Lipinski definition) is 5. The van der Waals surface area contributed by atoms with E-state index in [0.29, 0.717) is 0 Å². The molecule has 2 aromatic heterocycles. The van der Waals surface area contributed by atoms with Crippen molar-refractivity contribution in [2.45, 2.75) is 39.7 Å². The minimum absolute atomic E-state index is 0.155. The second-order valence-electron chi connectivity index (χ2n) is 5.67. The highest BCUT2D eigenvalue weighted by atomic mass is 19.1. The molecule has 0 aliphatic heterocycles. The highest BCUT2D eigenvalue weighted by Gasteiger charge is 2.16. The van der Waals surface area contributed by atoms with Gasteiger partial charge in [-0.2, -0.15) is 5.10 Å². The van der Waals surface area contributed by atoms with Gasteiger partial charge in [0, 0.05) is 5.92 Å². The summed E-state index contributed by atoms with van der Waals surface area (Å²) in [5.74, 6) is -0.919. The van der Waals surface area contributed by atoms with E-state index < -0.39 is 11.9 Å². The maximum atomic E-state index is 13.0. The van der Waals surface area contributed by atoms with Crippen molar-refractivity contribution >= 4 is 0 Å². The number of hydrogen-bond donors (Lipinski definition) is 2. The molecule has 3 rings (SSSR count). The molecule has 26 heavy (non-hydrogen) atoms. The van der Waals surface area contributed by atoms with E-state index in [9.17, 15) is 13.9 Å².